The lowest BCUT2D eigenvalue weighted by Gasteiger charge is -2.50. The lowest BCUT2D eigenvalue weighted by molar-refractivity contribution is -0.375. The highest BCUT2D eigenvalue weighted by molar-refractivity contribution is 5.77. The Kier molecular flexibility index (Phi) is 22.3. The molecule has 3 amide bonds. The van der Waals surface area contributed by atoms with Gasteiger partial charge >= 0.3 is 11.9 Å². The minimum atomic E-state index is -3.25. The lowest BCUT2D eigenvalue weighted by Crippen LogP contribution is -2.71. The second-order valence-electron chi connectivity index (χ2n) is 19.0. The van der Waals surface area contributed by atoms with Gasteiger partial charge in [0, 0.05) is 33.6 Å². The molecule has 35 heteroatoms. The van der Waals surface area contributed by atoms with Gasteiger partial charge in [-0.3, -0.25) is 14.4 Å². The highest BCUT2D eigenvalue weighted by Crippen LogP contribution is 2.39. The van der Waals surface area contributed by atoms with Gasteiger partial charge in [-0.2, -0.15) is 0 Å². The normalized spacial score (nSPS) is 43.2. The van der Waals surface area contributed by atoms with Crippen LogP contribution in [0.5, 0.6) is 0 Å². The number of nitrogens with one attached hydrogen (secondary N) is 3. The van der Waals surface area contributed by atoms with Crippen LogP contribution >= 0.6 is 0 Å². The lowest BCUT2D eigenvalue weighted by atomic mass is 9.87. The molecule has 21 N–H and O–H groups in total. The van der Waals surface area contributed by atoms with Crippen molar-refractivity contribution in [3.63, 3.8) is 0 Å². The van der Waals surface area contributed by atoms with E-state index in [1.165, 1.54) is 0 Å². The van der Waals surface area contributed by atoms with Crippen LogP contribution in [-0.4, -0.2) is 319 Å². The Hall–Kier alpha value is -3.65. The number of amides is 3. The van der Waals surface area contributed by atoms with Gasteiger partial charge < -0.3 is 150 Å². The predicted octanol–water partition coefficient (Wildman–Crippen LogP) is -13.1. The van der Waals surface area contributed by atoms with Gasteiger partial charge in [-0.15, -0.1) is 0 Å². The number of carboxylic acids is 2. The molecule has 5 fully saturated rings. The summed E-state index contributed by atoms with van der Waals surface area (Å²) in [4.78, 5) is 63.0. The van der Waals surface area contributed by atoms with Crippen molar-refractivity contribution in [3.05, 3.63) is 0 Å². The zero-order chi connectivity index (χ0) is 57.8. The molecule has 5 heterocycles. The second-order valence-corrected chi connectivity index (χ2v) is 19.0. The number of carboxylic acid groups (broad SMARTS) is 2. The zero-order valence-corrected chi connectivity index (χ0v) is 41.1. The molecular formula is C42H69N3O32. The average Bonchev–Trinajstić information content (AvgIpc) is 3.36. The minimum absolute atomic E-state index is 0.851. The van der Waals surface area contributed by atoms with E-state index in [-0.39, 0.29) is 0 Å². The molecule has 5 rings (SSSR count). The van der Waals surface area contributed by atoms with Crippen molar-refractivity contribution in [2.24, 2.45) is 0 Å². The van der Waals surface area contributed by atoms with Crippen LogP contribution in [0.3, 0.4) is 0 Å². The molecule has 0 unspecified atom stereocenters. The van der Waals surface area contributed by atoms with Crippen molar-refractivity contribution in [2.45, 2.75) is 198 Å². The van der Waals surface area contributed by atoms with E-state index in [0.717, 1.165) is 20.8 Å². The van der Waals surface area contributed by atoms with Crippen molar-refractivity contribution >= 4 is 29.7 Å². The molecule has 0 bridgehead atoms. The molecule has 0 radical (unpaired) electrons. The summed E-state index contributed by atoms with van der Waals surface area (Å²) in [7, 11) is 0. The fourth-order valence-corrected chi connectivity index (χ4v) is 9.52. The van der Waals surface area contributed by atoms with Crippen LogP contribution in [-0.2, 0) is 66.6 Å². The van der Waals surface area contributed by atoms with Crippen LogP contribution in [0.15, 0.2) is 0 Å². The summed E-state index contributed by atoms with van der Waals surface area (Å²) >= 11 is 0. The van der Waals surface area contributed by atoms with Crippen LogP contribution in [0.1, 0.15) is 33.6 Å². The third kappa shape index (κ3) is 14.1. The van der Waals surface area contributed by atoms with Crippen LogP contribution < -0.4 is 16.0 Å². The van der Waals surface area contributed by atoms with E-state index in [1.54, 1.807) is 0 Å². The van der Waals surface area contributed by atoms with Gasteiger partial charge in [-0.25, -0.2) is 9.59 Å². The summed E-state index contributed by atoms with van der Waals surface area (Å²) < 4.78 is 50.3. The number of hydrogen-bond donors (Lipinski definition) is 21. The van der Waals surface area contributed by atoms with Crippen LogP contribution in [0.25, 0.3) is 0 Å². The van der Waals surface area contributed by atoms with Crippen molar-refractivity contribution < 1.29 is 159 Å². The number of carbonyl (C=O) groups excluding carboxylic acids is 3. The van der Waals surface area contributed by atoms with E-state index in [4.69, 9.17) is 42.6 Å². The number of hydrogen-bond acceptors (Lipinski definition) is 30. The Morgan fingerprint density at radius 1 is 0.545 bits per heavy atom. The third-order valence-electron chi connectivity index (χ3n) is 13.5. The second kappa shape index (κ2) is 26.7. The first kappa shape index (κ1) is 64.2. The Balaban J connectivity index is 1.43. The Morgan fingerprint density at radius 2 is 1.00 bits per heavy atom. The molecule has 0 aliphatic carbocycles. The highest BCUT2D eigenvalue weighted by Gasteiger charge is 2.61. The maximum absolute atomic E-state index is 13.2. The zero-order valence-electron chi connectivity index (χ0n) is 41.1. The number of ether oxygens (including phenoxy) is 9. The van der Waals surface area contributed by atoms with E-state index < -0.39 is 240 Å². The molecular weight excluding hydrogens is 1060 g/mol. The van der Waals surface area contributed by atoms with E-state index in [0.29, 0.717) is 0 Å². The van der Waals surface area contributed by atoms with E-state index in [1.807, 2.05) is 0 Å². The largest absolute Gasteiger partial charge is 0.477 e. The Labute approximate surface area is 434 Å². The maximum atomic E-state index is 13.2. The van der Waals surface area contributed by atoms with Gasteiger partial charge in [-0.05, 0) is 0 Å². The number of aliphatic hydroxyl groups excluding tert-OH is 16. The molecule has 5 saturated heterocycles. The molecule has 0 spiro atoms. The number of rotatable bonds is 22. The van der Waals surface area contributed by atoms with Crippen molar-refractivity contribution in [1.29, 1.82) is 0 Å². The first-order valence-electron chi connectivity index (χ1n) is 23.8. The van der Waals surface area contributed by atoms with Gasteiger partial charge in [0.05, 0.1) is 57.3 Å². The SMILES string of the molecule is CC(=O)N[C@@H]1[C@@H](O[C@@H]2O[C@H](CO)[C@H](O)[C@H](O[C@@H]3O[C@H](CO)[C@H](O)[C@H](O)[C@H]3O)[C@H]2O)[C@@H](O)[C@@H](CO[C@]2(C(=O)O)C[C@H](O)[C@@H](NC(C)=O)[C@H]([C@@H](O)[C@@H](CO)O[C@]3(C(=O)O)C[C@H](O)[C@@H](NC(C)=O)[C@H]([C@H](O)[C@H](O)CO)O3)O2)O[C@@H]1O. The van der Waals surface area contributed by atoms with E-state index in [9.17, 15) is 116 Å². The monoisotopic (exact) mass is 1130 g/mol. The predicted molar refractivity (Wildman–Crippen MR) is 236 cm³/mol. The Bertz CT molecular complexity index is 2000. The summed E-state index contributed by atoms with van der Waals surface area (Å²) in [5.41, 5.74) is 0. The quantitative estimate of drug-likeness (QED) is 0.0479. The van der Waals surface area contributed by atoms with Crippen molar-refractivity contribution in [3.8, 4) is 0 Å². The van der Waals surface area contributed by atoms with Crippen molar-refractivity contribution in [1.82, 2.24) is 16.0 Å². The van der Waals surface area contributed by atoms with Gasteiger partial charge in [0.1, 0.15) is 110 Å². The number of aliphatic hydroxyl groups is 16. The van der Waals surface area contributed by atoms with Gasteiger partial charge in [-0.1, -0.05) is 0 Å². The van der Waals surface area contributed by atoms with Crippen molar-refractivity contribution in [2.75, 3.05) is 33.0 Å². The third-order valence-corrected chi connectivity index (χ3v) is 13.5. The first-order chi connectivity index (χ1) is 36.0. The topological polar surface area (TPSA) is 569 Å². The van der Waals surface area contributed by atoms with E-state index in [2.05, 4.69) is 16.0 Å². The molecule has 0 aromatic rings. The summed E-state index contributed by atoms with van der Waals surface area (Å²) in [6.07, 6.45) is -48.4. The minimum Gasteiger partial charge on any atom is -0.477 e. The smallest absolute Gasteiger partial charge is 0.364 e. The fraction of sp³-hybridized carbons (Fsp3) is 0.881. The maximum Gasteiger partial charge on any atom is 0.364 e. The molecule has 77 heavy (non-hydrogen) atoms. The first-order valence-corrected chi connectivity index (χ1v) is 23.8. The molecule has 0 saturated carbocycles. The number of aliphatic carboxylic acids is 2. The average molecular weight is 1130 g/mol. The summed E-state index contributed by atoms with van der Waals surface area (Å²) in [5.74, 6) is -13.4. The molecule has 27 atom stereocenters. The molecule has 35 nitrogen and oxygen atoms in total. The van der Waals surface area contributed by atoms with Gasteiger partial charge in [0.2, 0.25) is 17.7 Å². The summed E-state index contributed by atoms with van der Waals surface area (Å²) in [6.45, 7) is -2.97. The van der Waals surface area contributed by atoms with Gasteiger partial charge in [0.25, 0.3) is 11.6 Å². The summed E-state index contributed by atoms with van der Waals surface area (Å²) in [5, 5.41) is 200. The molecule has 0 aromatic carbocycles. The summed E-state index contributed by atoms with van der Waals surface area (Å²) in [6, 6.07) is -5.41. The van der Waals surface area contributed by atoms with Crippen LogP contribution in [0, 0.1) is 0 Å². The Morgan fingerprint density at radius 3 is 1.49 bits per heavy atom. The fourth-order valence-electron chi connectivity index (χ4n) is 9.52. The number of carbonyl (C=O) groups is 5. The van der Waals surface area contributed by atoms with E-state index >= 15 is 0 Å². The highest BCUT2D eigenvalue weighted by atomic mass is 16.8. The van der Waals surface area contributed by atoms with Crippen LogP contribution in [0.2, 0.25) is 0 Å². The van der Waals surface area contributed by atoms with Crippen LogP contribution in [0.4, 0.5) is 0 Å². The molecule has 5 aliphatic heterocycles. The molecule has 444 valence electrons. The standard InChI is InChI=1S/C42H69N3O32/c1-11(50)43-21-15(54)5-42(40(67)68,77-33(21)24(56)16(55)6-46)75-19(9-49)27(59)34-22(44-12(2)51)14(53)4-41(76-34,39(65)66)69-10-20-28(60)32(23(36(64)70-20)45-13(3)52)73-38-31(63)35(26(58)18(8-48)72-38)74-37-30(62)29(61)25(57)17(7-47)71-37/h14-38,46-49,53-64H,4-10H2,1-3H3,(H,43,50)(H,44,51)(H,45,52)(H,65,66)(H,67,68)/t14-,15-,16+,17+,18+,19+,20+,21+,22+,23+,24+,25-,26-,27-,28-,29-,30+,31+,32+,33+,34+,35-,36-,37-,38-,41+,42+/m0/s1. The molecule has 0 aromatic heterocycles. The van der Waals surface area contributed by atoms with Gasteiger partial charge in [0.15, 0.2) is 18.9 Å². The molecule has 5 aliphatic rings.